The number of carboxylic acid groups (broad SMARTS) is 1. The molecule has 2 heterocycles. The summed E-state index contributed by atoms with van der Waals surface area (Å²) >= 11 is 0. The zero-order valence-corrected chi connectivity index (χ0v) is 13.2. The van der Waals surface area contributed by atoms with Crippen molar-refractivity contribution in [3.8, 4) is 0 Å². The number of hydrogen-bond donors (Lipinski definition) is 1. The van der Waals surface area contributed by atoms with Gasteiger partial charge in [-0.25, -0.2) is 13.2 Å². The minimum Gasteiger partial charge on any atom is -0.479 e. The van der Waals surface area contributed by atoms with Gasteiger partial charge < -0.3 is 10.0 Å². The number of carbonyl (C=O) groups is 2. The molecule has 120 valence electrons. The Labute approximate surface area is 125 Å². The quantitative estimate of drug-likeness (QED) is 0.802. The van der Waals surface area contributed by atoms with Gasteiger partial charge in [0.05, 0.1) is 6.26 Å². The van der Waals surface area contributed by atoms with Gasteiger partial charge in [-0.05, 0) is 32.1 Å². The van der Waals surface area contributed by atoms with Crippen LogP contribution in [0.4, 0.5) is 0 Å². The average Bonchev–Trinajstić information content (AvgIpc) is 3.04. The monoisotopic (exact) mass is 318 g/mol. The maximum Gasteiger partial charge on any atom is 0.329 e. The fourth-order valence-corrected chi connectivity index (χ4v) is 4.62. The Bertz CT molecular complexity index is 547. The molecule has 2 fully saturated rings. The van der Waals surface area contributed by atoms with Gasteiger partial charge in [0.1, 0.15) is 11.6 Å². The van der Waals surface area contributed by atoms with Crippen molar-refractivity contribution < 1.29 is 23.1 Å². The third-order valence-corrected chi connectivity index (χ3v) is 5.94. The number of carboxylic acids is 1. The van der Waals surface area contributed by atoms with Gasteiger partial charge in [-0.3, -0.25) is 4.79 Å². The van der Waals surface area contributed by atoms with Crippen molar-refractivity contribution >= 4 is 21.9 Å². The molecule has 0 bridgehead atoms. The van der Waals surface area contributed by atoms with Crippen LogP contribution in [0.2, 0.25) is 0 Å². The number of carbonyl (C=O) groups excluding carboxylic acids is 1. The van der Waals surface area contributed by atoms with Crippen LogP contribution in [0, 0.1) is 0 Å². The van der Waals surface area contributed by atoms with Crippen LogP contribution in [0.25, 0.3) is 0 Å². The molecule has 1 amide bonds. The van der Waals surface area contributed by atoms with Crippen molar-refractivity contribution in [2.45, 2.75) is 50.6 Å². The summed E-state index contributed by atoms with van der Waals surface area (Å²) in [4.78, 5) is 25.8. The predicted molar refractivity (Wildman–Crippen MR) is 76.2 cm³/mol. The Morgan fingerprint density at radius 2 is 1.95 bits per heavy atom. The largest absolute Gasteiger partial charge is 0.479 e. The summed E-state index contributed by atoms with van der Waals surface area (Å²) in [5, 5.41) is 9.53. The first-order chi connectivity index (χ1) is 9.74. The van der Waals surface area contributed by atoms with E-state index in [4.69, 9.17) is 0 Å². The molecule has 7 nitrogen and oxygen atoms in total. The predicted octanol–water partition coefficient (Wildman–Crippen LogP) is 0.266. The zero-order chi connectivity index (χ0) is 15.8. The summed E-state index contributed by atoms with van der Waals surface area (Å²) in [6.45, 7) is 2.46. The molecule has 0 aromatic rings. The van der Waals surface area contributed by atoms with E-state index in [1.54, 1.807) is 6.92 Å². The van der Waals surface area contributed by atoms with Crippen LogP contribution in [0.5, 0.6) is 0 Å². The van der Waals surface area contributed by atoms with Crippen molar-refractivity contribution in [1.29, 1.82) is 0 Å². The number of amides is 1. The number of aliphatic carboxylic acids is 1. The molecule has 2 atom stereocenters. The fraction of sp³-hybridized carbons (Fsp3) is 0.846. The molecule has 2 unspecified atom stereocenters. The summed E-state index contributed by atoms with van der Waals surface area (Å²) in [6, 6.07) is -0.747. The number of sulfonamides is 1. The second-order valence-electron chi connectivity index (χ2n) is 5.82. The zero-order valence-electron chi connectivity index (χ0n) is 12.4. The maximum atomic E-state index is 12.7. The molecule has 0 aromatic heterocycles. The third kappa shape index (κ3) is 2.66. The smallest absolute Gasteiger partial charge is 0.329 e. The highest BCUT2D eigenvalue weighted by Gasteiger charge is 2.51. The minimum absolute atomic E-state index is 0.329. The van der Waals surface area contributed by atoms with Gasteiger partial charge in [0.2, 0.25) is 15.9 Å². The fourth-order valence-electron chi connectivity index (χ4n) is 3.50. The highest BCUT2D eigenvalue weighted by atomic mass is 32.2. The summed E-state index contributed by atoms with van der Waals surface area (Å²) in [5.74, 6) is -1.36. The van der Waals surface area contributed by atoms with Gasteiger partial charge in [0.25, 0.3) is 0 Å². The minimum atomic E-state index is -3.45. The van der Waals surface area contributed by atoms with Crippen LogP contribution in [-0.2, 0) is 19.6 Å². The molecule has 2 aliphatic rings. The van der Waals surface area contributed by atoms with Crippen LogP contribution >= 0.6 is 0 Å². The van der Waals surface area contributed by atoms with Crippen LogP contribution in [0.3, 0.4) is 0 Å². The van der Waals surface area contributed by atoms with Crippen molar-refractivity contribution in [3.63, 3.8) is 0 Å². The van der Waals surface area contributed by atoms with Gasteiger partial charge in [-0.15, -0.1) is 0 Å². The van der Waals surface area contributed by atoms with Gasteiger partial charge in [0, 0.05) is 13.1 Å². The van der Waals surface area contributed by atoms with E-state index in [1.807, 2.05) is 0 Å². The second-order valence-corrected chi connectivity index (χ2v) is 7.75. The second kappa shape index (κ2) is 5.57. The van der Waals surface area contributed by atoms with E-state index in [0.717, 1.165) is 6.26 Å². The molecule has 21 heavy (non-hydrogen) atoms. The molecule has 2 rings (SSSR count). The maximum absolute atomic E-state index is 12.7. The van der Waals surface area contributed by atoms with E-state index < -0.39 is 27.6 Å². The number of nitrogens with zero attached hydrogens (tertiary/aromatic N) is 2. The molecule has 0 aliphatic carbocycles. The first-order valence-corrected chi connectivity index (χ1v) is 9.10. The molecule has 2 aliphatic heterocycles. The summed E-state index contributed by atoms with van der Waals surface area (Å²) in [6.07, 6.45) is 3.57. The molecule has 8 heteroatoms. The highest BCUT2D eigenvalue weighted by molar-refractivity contribution is 7.88. The van der Waals surface area contributed by atoms with E-state index in [0.29, 0.717) is 45.2 Å². The van der Waals surface area contributed by atoms with E-state index >= 15 is 0 Å². The third-order valence-electron chi connectivity index (χ3n) is 4.65. The lowest BCUT2D eigenvalue weighted by Crippen LogP contribution is -2.57. The van der Waals surface area contributed by atoms with Gasteiger partial charge >= 0.3 is 5.97 Å². The number of likely N-dealkylation sites (tertiary alicyclic amines) is 1. The van der Waals surface area contributed by atoms with Crippen molar-refractivity contribution in [2.75, 3.05) is 19.3 Å². The molecule has 0 radical (unpaired) electrons. The molecule has 0 aromatic carbocycles. The summed E-state index contributed by atoms with van der Waals surface area (Å²) < 4.78 is 24.7. The van der Waals surface area contributed by atoms with Gasteiger partial charge in [-0.1, -0.05) is 6.92 Å². The average molecular weight is 318 g/mol. The Morgan fingerprint density at radius 1 is 1.29 bits per heavy atom. The first-order valence-electron chi connectivity index (χ1n) is 7.26. The Kier molecular flexibility index (Phi) is 4.30. The molecular formula is C13H22N2O5S. The lowest BCUT2D eigenvalue weighted by Gasteiger charge is -2.36. The van der Waals surface area contributed by atoms with E-state index in [1.165, 1.54) is 9.21 Å². The summed E-state index contributed by atoms with van der Waals surface area (Å²) in [7, 11) is -3.45. The molecule has 2 saturated heterocycles. The SMILES string of the molecule is CCC1(C(=O)O)CCCN1C(=O)C1CCCN1S(C)(=O)=O. The van der Waals surface area contributed by atoms with Crippen LogP contribution in [0.15, 0.2) is 0 Å². The molecular weight excluding hydrogens is 296 g/mol. The van der Waals surface area contributed by atoms with Crippen molar-refractivity contribution in [3.05, 3.63) is 0 Å². The Balaban J connectivity index is 2.29. The molecule has 0 spiro atoms. The highest BCUT2D eigenvalue weighted by Crippen LogP contribution is 2.35. The molecule has 1 N–H and O–H groups in total. The van der Waals surface area contributed by atoms with Gasteiger partial charge in [-0.2, -0.15) is 4.31 Å². The standard InChI is InChI=1S/C13H22N2O5S/c1-3-13(12(17)18)7-5-8-14(13)11(16)10-6-4-9-15(10)21(2,19)20/h10H,3-9H2,1-2H3,(H,17,18). The first kappa shape index (κ1) is 16.2. The summed E-state index contributed by atoms with van der Waals surface area (Å²) in [5.41, 5.74) is -1.18. The van der Waals surface area contributed by atoms with E-state index in [2.05, 4.69) is 0 Å². The Morgan fingerprint density at radius 3 is 2.48 bits per heavy atom. The Hall–Kier alpha value is -1.15. The van der Waals surface area contributed by atoms with Crippen LogP contribution < -0.4 is 0 Å². The van der Waals surface area contributed by atoms with E-state index in [-0.39, 0.29) is 5.91 Å². The lowest BCUT2D eigenvalue weighted by atomic mass is 9.92. The lowest BCUT2D eigenvalue weighted by molar-refractivity contribution is -0.158. The number of rotatable bonds is 4. The van der Waals surface area contributed by atoms with Crippen LogP contribution in [-0.4, -0.2) is 65.5 Å². The van der Waals surface area contributed by atoms with Crippen LogP contribution in [0.1, 0.15) is 39.0 Å². The van der Waals surface area contributed by atoms with Crippen molar-refractivity contribution in [2.24, 2.45) is 0 Å². The number of hydrogen-bond acceptors (Lipinski definition) is 4. The van der Waals surface area contributed by atoms with Gasteiger partial charge in [0.15, 0.2) is 0 Å². The van der Waals surface area contributed by atoms with Crippen molar-refractivity contribution in [1.82, 2.24) is 9.21 Å². The molecule has 0 saturated carbocycles. The van der Waals surface area contributed by atoms with E-state index in [9.17, 15) is 23.1 Å². The topological polar surface area (TPSA) is 95.0 Å². The normalized spacial score (nSPS) is 30.8.